The van der Waals surface area contributed by atoms with Crippen LogP contribution in [0.3, 0.4) is 0 Å². The molecular weight excluding hydrogens is 326 g/mol. The van der Waals surface area contributed by atoms with Gasteiger partial charge in [-0.05, 0) is 42.0 Å². The predicted octanol–water partition coefficient (Wildman–Crippen LogP) is 3.45. The monoisotopic (exact) mass is 345 g/mol. The third kappa shape index (κ3) is 4.27. The van der Waals surface area contributed by atoms with Crippen LogP contribution in [0.25, 0.3) is 0 Å². The molecule has 0 aromatic heterocycles. The van der Waals surface area contributed by atoms with Crippen LogP contribution in [0, 0.1) is 0 Å². The maximum absolute atomic E-state index is 12.3. The predicted molar refractivity (Wildman–Crippen MR) is 103 cm³/mol. The van der Waals surface area contributed by atoms with E-state index in [9.17, 15) is 9.59 Å². The van der Waals surface area contributed by atoms with Crippen molar-refractivity contribution in [3.63, 3.8) is 0 Å². The molecule has 4 N–H and O–H groups in total. The third-order valence-corrected chi connectivity index (χ3v) is 3.91. The average molecular weight is 345 g/mol. The van der Waals surface area contributed by atoms with Crippen molar-refractivity contribution in [3.8, 4) is 0 Å². The molecule has 0 aliphatic carbocycles. The Morgan fingerprint density at radius 1 is 0.731 bits per heavy atom. The van der Waals surface area contributed by atoms with Crippen LogP contribution in [0.5, 0.6) is 0 Å². The zero-order chi connectivity index (χ0) is 18.4. The van der Waals surface area contributed by atoms with Crippen molar-refractivity contribution in [3.05, 3.63) is 95.6 Å². The lowest BCUT2D eigenvalue weighted by molar-refractivity contribution is 0.0949. The number of anilines is 2. The van der Waals surface area contributed by atoms with Crippen LogP contribution in [-0.2, 0) is 6.54 Å². The first-order valence-electron chi connectivity index (χ1n) is 8.21. The van der Waals surface area contributed by atoms with E-state index in [1.807, 2.05) is 30.3 Å². The number of amides is 2. The smallest absolute Gasteiger partial charge is 0.255 e. The first-order valence-corrected chi connectivity index (χ1v) is 8.21. The summed E-state index contributed by atoms with van der Waals surface area (Å²) >= 11 is 0. The first kappa shape index (κ1) is 17.2. The summed E-state index contributed by atoms with van der Waals surface area (Å²) in [5, 5.41) is 5.61. The van der Waals surface area contributed by atoms with Gasteiger partial charge in [0.1, 0.15) is 0 Å². The van der Waals surface area contributed by atoms with E-state index in [0.717, 1.165) is 5.56 Å². The summed E-state index contributed by atoms with van der Waals surface area (Å²) in [6.45, 7) is 0.454. The highest BCUT2D eigenvalue weighted by Gasteiger charge is 2.10. The van der Waals surface area contributed by atoms with Crippen molar-refractivity contribution in [2.45, 2.75) is 6.54 Å². The third-order valence-electron chi connectivity index (χ3n) is 3.91. The molecule has 2 amide bonds. The fourth-order valence-corrected chi connectivity index (χ4v) is 2.46. The molecule has 5 nitrogen and oxygen atoms in total. The van der Waals surface area contributed by atoms with Crippen molar-refractivity contribution in [2.75, 3.05) is 11.1 Å². The Labute approximate surface area is 151 Å². The van der Waals surface area contributed by atoms with Gasteiger partial charge in [-0.15, -0.1) is 0 Å². The van der Waals surface area contributed by atoms with Gasteiger partial charge in [-0.25, -0.2) is 0 Å². The van der Waals surface area contributed by atoms with Crippen molar-refractivity contribution in [1.29, 1.82) is 0 Å². The molecule has 0 bridgehead atoms. The molecule has 0 spiro atoms. The zero-order valence-electron chi connectivity index (χ0n) is 14.1. The minimum absolute atomic E-state index is 0.187. The van der Waals surface area contributed by atoms with Gasteiger partial charge in [0.15, 0.2) is 0 Å². The molecule has 26 heavy (non-hydrogen) atoms. The van der Waals surface area contributed by atoms with Crippen LogP contribution in [0.4, 0.5) is 11.4 Å². The van der Waals surface area contributed by atoms with Gasteiger partial charge in [-0.2, -0.15) is 0 Å². The Hall–Kier alpha value is -3.60. The second-order valence-corrected chi connectivity index (χ2v) is 5.79. The number of benzene rings is 3. The van der Waals surface area contributed by atoms with Gasteiger partial charge < -0.3 is 16.4 Å². The number of carbonyl (C=O) groups excluding carboxylic acids is 2. The van der Waals surface area contributed by atoms with Crippen LogP contribution >= 0.6 is 0 Å². The molecule has 0 saturated carbocycles. The Bertz CT molecular complexity index is 906. The average Bonchev–Trinajstić information content (AvgIpc) is 2.69. The number of nitrogens with one attached hydrogen (secondary N) is 2. The molecule has 0 saturated heterocycles. The van der Waals surface area contributed by atoms with Crippen LogP contribution < -0.4 is 16.4 Å². The van der Waals surface area contributed by atoms with E-state index in [-0.39, 0.29) is 11.8 Å². The number of nitrogens with two attached hydrogens (primary N) is 1. The Balaban J connectivity index is 1.61. The molecular formula is C21H19N3O2. The number of rotatable bonds is 5. The highest BCUT2D eigenvalue weighted by atomic mass is 16.2. The van der Waals surface area contributed by atoms with Crippen LogP contribution in [0.15, 0.2) is 78.9 Å². The molecule has 3 rings (SSSR count). The number of carbonyl (C=O) groups is 2. The zero-order valence-corrected chi connectivity index (χ0v) is 14.1. The lowest BCUT2D eigenvalue weighted by atomic mass is 10.1. The molecule has 0 atom stereocenters. The number of hydrogen-bond donors (Lipinski definition) is 3. The molecule has 0 heterocycles. The van der Waals surface area contributed by atoms with Gasteiger partial charge in [-0.3, -0.25) is 9.59 Å². The molecule has 3 aromatic rings. The molecule has 0 aliphatic heterocycles. The number of para-hydroxylation sites is 2. The first-order chi connectivity index (χ1) is 12.6. The van der Waals surface area contributed by atoms with Crippen LogP contribution in [0.2, 0.25) is 0 Å². The van der Waals surface area contributed by atoms with Crippen molar-refractivity contribution >= 4 is 23.2 Å². The standard InChI is InChI=1S/C21H19N3O2/c22-18-8-4-5-9-19(18)24-21(26)17-12-10-16(11-13-17)20(25)23-14-15-6-2-1-3-7-15/h1-13H,14,22H2,(H,23,25)(H,24,26). The summed E-state index contributed by atoms with van der Waals surface area (Å²) in [6.07, 6.45) is 0. The van der Waals surface area contributed by atoms with Gasteiger partial charge in [0, 0.05) is 17.7 Å². The lowest BCUT2D eigenvalue weighted by Gasteiger charge is -2.09. The second kappa shape index (κ2) is 7.98. The Morgan fingerprint density at radius 3 is 1.96 bits per heavy atom. The largest absolute Gasteiger partial charge is 0.397 e. The topological polar surface area (TPSA) is 84.2 Å². The second-order valence-electron chi connectivity index (χ2n) is 5.79. The van der Waals surface area contributed by atoms with E-state index in [2.05, 4.69) is 10.6 Å². The minimum Gasteiger partial charge on any atom is -0.397 e. The van der Waals surface area contributed by atoms with Gasteiger partial charge in [0.05, 0.1) is 11.4 Å². The maximum Gasteiger partial charge on any atom is 0.255 e. The van der Waals surface area contributed by atoms with Crippen molar-refractivity contribution in [2.24, 2.45) is 0 Å². The fraction of sp³-hybridized carbons (Fsp3) is 0.0476. The molecule has 0 aliphatic rings. The summed E-state index contributed by atoms with van der Waals surface area (Å²) < 4.78 is 0. The van der Waals surface area contributed by atoms with E-state index in [4.69, 9.17) is 5.73 Å². The minimum atomic E-state index is -0.279. The summed E-state index contributed by atoms with van der Waals surface area (Å²) in [7, 11) is 0. The highest BCUT2D eigenvalue weighted by Crippen LogP contribution is 2.18. The number of nitrogen functional groups attached to an aromatic ring is 1. The summed E-state index contributed by atoms with van der Waals surface area (Å²) in [4.78, 5) is 24.5. The molecule has 0 fully saturated rings. The van der Waals surface area contributed by atoms with Gasteiger partial charge >= 0.3 is 0 Å². The van der Waals surface area contributed by atoms with E-state index in [0.29, 0.717) is 29.0 Å². The SMILES string of the molecule is Nc1ccccc1NC(=O)c1ccc(C(=O)NCc2ccccc2)cc1. The van der Waals surface area contributed by atoms with Crippen molar-refractivity contribution in [1.82, 2.24) is 5.32 Å². The molecule has 0 unspecified atom stereocenters. The van der Waals surface area contributed by atoms with Gasteiger partial charge in [-0.1, -0.05) is 42.5 Å². The van der Waals surface area contributed by atoms with Crippen molar-refractivity contribution < 1.29 is 9.59 Å². The van der Waals surface area contributed by atoms with Crippen LogP contribution in [0.1, 0.15) is 26.3 Å². The van der Waals surface area contributed by atoms with E-state index in [1.54, 1.807) is 48.5 Å². The van der Waals surface area contributed by atoms with Gasteiger partial charge in [0.25, 0.3) is 11.8 Å². The quantitative estimate of drug-likeness (QED) is 0.619. The van der Waals surface area contributed by atoms with E-state index < -0.39 is 0 Å². The number of hydrogen-bond acceptors (Lipinski definition) is 3. The molecule has 130 valence electrons. The summed E-state index contributed by atoms with van der Waals surface area (Å²) in [5.74, 6) is -0.466. The maximum atomic E-state index is 12.3. The highest BCUT2D eigenvalue weighted by molar-refractivity contribution is 6.06. The Kier molecular flexibility index (Phi) is 5.29. The fourth-order valence-electron chi connectivity index (χ4n) is 2.46. The molecule has 5 heteroatoms. The van der Waals surface area contributed by atoms with E-state index >= 15 is 0 Å². The van der Waals surface area contributed by atoms with Crippen LogP contribution in [-0.4, -0.2) is 11.8 Å². The lowest BCUT2D eigenvalue weighted by Crippen LogP contribution is -2.23. The summed E-state index contributed by atoms with van der Waals surface area (Å²) in [5.41, 5.74) is 8.85. The Morgan fingerprint density at radius 2 is 1.31 bits per heavy atom. The van der Waals surface area contributed by atoms with Gasteiger partial charge in [0.2, 0.25) is 0 Å². The molecule has 0 radical (unpaired) electrons. The summed E-state index contributed by atoms with van der Waals surface area (Å²) in [6, 6.07) is 23.2. The normalized spacial score (nSPS) is 10.2. The van der Waals surface area contributed by atoms with E-state index in [1.165, 1.54) is 0 Å². The molecule has 3 aromatic carbocycles.